The molecule has 1 rings (SSSR count). The molecular weight excluding hydrogens is 242 g/mol. The van der Waals surface area contributed by atoms with Crippen molar-refractivity contribution >= 4 is 0 Å². The number of nitrogens with one attached hydrogen (secondary N) is 1. The summed E-state index contributed by atoms with van der Waals surface area (Å²) in [5.41, 5.74) is 4.31. The summed E-state index contributed by atoms with van der Waals surface area (Å²) in [6.45, 7) is 10.1. The van der Waals surface area contributed by atoms with Crippen LogP contribution in [-0.4, -0.2) is 6.54 Å². The second kappa shape index (κ2) is 9.99. The normalized spacial score (nSPS) is 12.6. The fourth-order valence-corrected chi connectivity index (χ4v) is 2.77. The first-order valence-corrected chi connectivity index (χ1v) is 8.49. The van der Waals surface area contributed by atoms with Crippen molar-refractivity contribution in [2.24, 2.45) is 0 Å². The summed E-state index contributed by atoms with van der Waals surface area (Å²) in [5, 5.41) is 3.74. The highest BCUT2D eigenvalue weighted by Gasteiger charge is 2.12. The molecule has 1 heteroatoms. The predicted molar refractivity (Wildman–Crippen MR) is 90.3 cm³/mol. The van der Waals surface area contributed by atoms with Gasteiger partial charge in [0.25, 0.3) is 0 Å². The monoisotopic (exact) mass is 275 g/mol. The van der Waals surface area contributed by atoms with Gasteiger partial charge in [-0.2, -0.15) is 0 Å². The zero-order chi connectivity index (χ0) is 14.8. The standard InChI is InChI=1S/C19H33N/c1-5-7-8-9-10-11-19(20-14-6-2)18-15-16(3)12-13-17(18)4/h12-13,15,19-20H,5-11,14H2,1-4H3. The molecule has 1 aromatic rings. The van der Waals surface area contributed by atoms with Gasteiger partial charge in [-0.1, -0.05) is 69.7 Å². The molecule has 1 unspecified atom stereocenters. The molecule has 1 atom stereocenters. The second-order valence-electron chi connectivity index (χ2n) is 6.07. The van der Waals surface area contributed by atoms with E-state index in [1.165, 1.54) is 61.6 Å². The van der Waals surface area contributed by atoms with E-state index in [-0.39, 0.29) is 0 Å². The summed E-state index contributed by atoms with van der Waals surface area (Å²) >= 11 is 0. The lowest BCUT2D eigenvalue weighted by Crippen LogP contribution is -2.23. The van der Waals surface area contributed by atoms with Crippen molar-refractivity contribution in [1.82, 2.24) is 5.32 Å². The zero-order valence-corrected chi connectivity index (χ0v) is 14.0. The molecule has 1 aromatic carbocycles. The molecule has 0 amide bonds. The molecule has 0 saturated heterocycles. The molecule has 0 aliphatic carbocycles. The van der Waals surface area contributed by atoms with Crippen LogP contribution in [0.15, 0.2) is 18.2 Å². The Bertz CT molecular complexity index is 370. The summed E-state index contributed by atoms with van der Waals surface area (Å²) in [6, 6.07) is 7.39. The molecule has 0 aliphatic rings. The van der Waals surface area contributed by atoms with E-state index in [2.05, 4.69) is 51.2 Å². The van der Waals surface area contributed by atoms with Crippen molar-refractivity contribution in [2.45, 2.75) is 78.7 Å². The van der Waals surface area contributed by atoms with Crippen LogP contribution in [0.5, 0.6) is 0 Å². The number of rotatable bonds is 10. The topological polar surface area (TPSA) is 12.0 Å². The fraction of sp³-hybridized carbons (Fsp3) is 0.684. The molecular formula is C19H33N. The molecule has 0 heterocycles. The van der Waals surface area contributed by atoms with Gasteiger partial charge in [0.1, 0.15) is 0 Å². The SMILES string of the molecule is CCCCCCCC(NCCC)c1cc(C)ccc1C. The first-order chi connectivity index (χ1) is 9.69. The van der Waals surface area contributed by atoms with Crippen molar-refractivity contribution in [3.05, 3.63) is 34.9 Å². The van der Waals surface area contributed by atoms with Crippen molar-refractivity contribution < 1.29 is 0 Å². The number of aryl methyl sites for hydroxylation is 2. The van der Waals surface area contributed by atoms with Crippen molar-refractivity contribution in [3.8, 4) is 0 Å². The molecule has 0 bridgehead atoms. The average Bonchev–Trinajstić information content (AvgIpc) is 2.45. The Morgan fingerprint density at radius 1 is 0.950 bits per heavy atom. The maximum Gasteiger partial charge on any atom is 0.0322 e. The highest BCUT2D eigenvalue weighted by Crippen LogP contribution is 2.24. The molecule has 0 aromatic heterocycles. The van der Waals surface area contributed by atoms with Crippen molar-refractivity contribution in [3.63, 3.8) is 0 Å². The Labute approximate surface area is 126 Å². The number of hydrogen-bond donors (Lipinski definition) is 1. The minimum Gasteiger partial charge on any atom is -0.310 e. The molecule has 1 N–H and O–H groups in total. The smallest absolute Gasteiger partial charge is 0.0322 e. The van der Waals surface area contributed by atoms with E-state index in [1.807, 2.05) is 0 Å². The molecule has 0 radical (unpaired) electrons. The van der Waals surface area contributed by atoms with Gasteiger partial charge in [-0.05, 0) is 44.4 Å². The fourth-order valence-electron chi connectivity index (χ4n) is 2.77. The lowest BCUT2D eigenvalue weighted by Gasteiger charge is -2.21. The first-order valence-electron chi connectivity index (χ1n) is 8.49. The van der Waals surface area contributed by atoms with Gasteiger partial charge >= 0.3 is 0 Å². The lowest BCUT2D eigenvalue weighted by molar-refractivity contribution is 0.466. The molecule has 1 nitrogen and oxygen atoms in total. The van der Waals surface area contributed by atoms with Crippen LogP contribution in [-0.2, 0) is 0 Å². The van der Waals surface area contributed by atoms with E-state index in [9.17, 15) is 0 Å². The van der Waals surface area contributed by atoms with Gasteiger partial charge < -0.3 is 5.32 Å². The van der Waals surface area contributed by atoms with E-state index in [0.717, 1.165) is 6.54 Å². The number of benzene rings is 1. The maximum atomic E-state index is 3.74. The van der Waals surface area contributed by atoms with E-state index in [0.29, 0.717) is 6.04 Å². The van der Waals surface area contributed by atoms with Crippen LogP contribution in [0, 0.1) is 13.8 Å². The third-order valence-corrected chi connectivity index (χ3v) is 4.05. The zero-order valence-electron chi connectivity index (χ0n) is 14.0. The summed E-state index contributed by atoms with van der Waals surface area (Å²) in [4.78, 5) is 0. The molecule has 0 aliphatic heterocycles. The average molecular weight is 275 g/mol. The quantitative estimate of drug-likeness (QED) is 0.540. The second-order valence-corrected chi connectivity index (χ2v) is 6.07. The van der Waals surface area contributed by atoms with E-state index in [4.69, 9.17) is 0 Å². The molecule has 0 saturated carbocycles. The van der Waals surface area contributed by atoms with Gasteiger partial charge in [0.15, 0.2) is 0 Å². The van der Waals surface area contributed by atoms with Crippen LogP contribution >= 0.6 is 0 Å². The van der Waals surface area contributed by atoms with E-state index >= 15 is 0 Å². The van der Waals surface area contributed by atoms with Crippen LogP contribution in [0.3, 0.4) is 0 Å². The van der Waals surface area contributed by atoms with E-state index < -0.39 is 0 Å². The third kappa shape index (κ3) is 6.09. The van der Waals surface area contributed by atoms with Gasteiger partial charge in [0, 0.05) is 6.04 Å². The molecule has 0 spiro atoms. The van der Waals surface area contributed by atoms with Gasteiger partial charge in [-0.15, -0.1) is 0 Å². The summed E-state index contributed by atoms with van der Waals surface area (Å²) in [7, 11) is 0. The Hall–Kier alpha value is -0.820. The minimum absolute atomic E-state index is 0.538. The Kier molecular flexibility index (Phi) is 8.60. The summed E-state index contributed by atoms with van der Waals surface area (Å²) in [6.07, 6.45) is 9.30. The van der Waals surface area contributed by atoms with Crippen molar-refractivity contribution in [1.29, 1.82) is 0 Å². The predicted octanol–water partition coefficient (Wildman–Crippen LogP) is 5.70. The molecule has 0 fully saturated rings. The number of hydrogen-bond acceptors (Lipinski definition) is 1. The first kappa shape index (κ1) is 17.2. The lowest BCUT2D eigenvalue weighted by atomic mass is 9.94. The van der Waals surface area contributed by atoms with Gasteiger partial charge in [0.2, 0.25) is 0 Å². The van der Waals surface area contributed by atoms with Gasteiger partial charge in [-0.3, -0.25) is 0 Å². The maximum absolute atomic E-state index is 3.74. The highest BCUT2D eigenvalue weighted by molar-refractivity contribution is 5.33. The Morgan fingerprint density at radius 3 is 2.40 bits per heavy atom. The largest absolute Gasteiger partial charge is 0.310 e. The van der Waals surface area contributed by atoms with Crippen molar-refractivity contribution in [2.75, 3.05) is 6.54 Å². The van der Waals surface area contributed by atoms with Gasteiger partial charge in [0.05, 0.1) is 0 Å². The van der Waals surface area contributed by atoms with E-state index in [1.54, 1.807) is 0 Å². The van der Waals surface area contributed by atoms with Crippen LogP contribution in [0.25, 0.3) is 0 Å². The Morgan fingerprint density at radius 2 is 1.70 bits per heavy atom. The third-order valence-electron chi connectivity index (χ3n) is 4.05. The molecule has 20 heavy (non-hydrogen) atoms. The van der Waals surface area contributed by atoms with Gasteiger partial charge in [-0.25, -0.2) is 0 Å². The highest BCUT2D eigenvalue weighted by atomic mass is 14.9. The minimum atomic E-state index is 0.538. The molecule has 114 valence electrons. The van der Waals surface area contributed by atoms with Crippen LogP contribution in [0.1, 0.15) is 81.5 Å². The Balaban J connectivity index is 2.60. The summed E-state index contributed by atoms with van der Waals surface area (Å²) < 4.78 is 0. The summed E-state index contributed by atoms with van der Waals surface area (Å²) in [5.74, 6) is 0. The van der Waals surface area contributed by atoms with Crippen LogP contribution in [0.2, 0.25) is 0 Å². The number of unbranched alkanes of at least 4 members (excludes halogenated alkanes) is 4. The van der Waals surface area contributed by atoms with Crippen LogP contribution in [0.4, 0.5) is 0 Å². The van der Waals surface area contributed by atoms with Crippen LogP contribution < -0.4 is 5.32 Å².